The number of amides is 3. The summed E-state index contributed by atoms with van der Waals surface area (Å²) in [6.07, 6.45) is 1.14. The summed E-state index contributed by atoms with van der Waals surface area (Å²) in [5.41, 5.74) is -0.388. The number of para-hydroxylation sites is 1. The maximum atomic E-state index is 12.6. The molecule has 1 aliphatic rings. The molecule has 1 saturated heterocycles. The quantitative estimate of drug-likeness (QED) is 0.455. The van der Waals surface area contributed by atoms with Gasteiger partial charge in [-0.1, -0.05) is 36.4 Å². The Morgan fingerprint density at radius 2 is 1.79 bits per heavy atom. The van der Waals surface area contributed by atoms with Crippen molar-refractivity contribution in [3.63, 3.8) is 0 Å². The monoisotopic (exact) mass is 325 g/mol. The topological polar surface area (TPSA) is 102 Å². The molecule has 3 N–H and O–H groups in total. The number of hydrogen-bond acceptors (Lipinski definition) is 5. The fraction of sp³-hybridized carbons (Fsp3) is 0.118. The molecule has 1 fully saturated rings. The number of carbonyl (C=O) groups is 2. The number of nitrogens with one attached hydrogen (secondary N) is 1. The standard InChI is InChI=1S/C17H15N3O4/c1-17(12-7-3-2-4-8-12)15(23)20(16(24)19-17)18-10-11-6-5-9-13(21)14(11)22/h2-10,21-22H,1H3,(H,19,24)/b18-10+/t17-/m1/s1. The lowest BCUT2D eigenvalue weighted by Crippen LogP contribution is -2.40. The lowest BCUT2D eigenvalue weighted by molar-refractivity contribution is -0.131. The zero-order valence-electron chi connectivity index (χ0n) is 12.8. The minimum Gasteiger partial charge on any atom is -0.504 e. The number of nitrogens with zero attached hydrogens (tertiary/aromatic N) is 2. The molecule has 3 rings (SSSR count). The molecule has 0 spiro atoms. The van der Waals surface area contributed by atoms with E-state index >= 15 is 0 Å². The SMILES string of the molecule is C[C@]1(c2ccccc2)NC(=O)N(/N=C/c2cccc(O)c2O)C1=O. The van der Waals surface area contributed by atoms with E-state index in [0.717, 1.165) is 6.21 Å². The van der Waals surface area contributed by atoms with Gasteiger partial charge in [0.2, 0.25) is 0 Å². The van der Waals surface area contributed by atoms with E-state index in [2.05, 4.69) is 10.4 Å². The largest absolute Gasteiger partial charge is 0.504 e. The minimum absolute atomic E-state index is 0.184. The lowest BCUT2D eigenvalue weighted by atomic mass is 9.92. The second-order valence-corrected chi connectivity index (χ2v) is 5.50. The number of hydrogen-bond donors (Lipinski definition) is 3. The van der Waals surface area contributed by atoms with Crippen LogP contribution in [0.5, 0.6) is 11.5 Å². The Hall–Kier alpha value is -3.35. The number of rotatable bonds is 3. The molecule has 7 heteroatoms. The first-order valence-corrected chi connectivity index (χ1v) is 7.20. The molecule has 0 aromatic heterocycles. The van der Waals surface area contributed by atoms with Crippen molar-refractivity contribution in [3.05, 3.63) is 59.7 Å². The zero-order valence-corrected chi connectivity index (χ0v) is 12.8. The van der Waals surface area contributed by atoms with Gasteiger partial charge in [-0.3, -0.25) is 4.79 Å². The van der Waals surface area contributed by atoms with Crippen LogP contribution in [0, 0.1) is 0 Å². The summed E-state index contributed by atoms with van der Waals surface area (Å²) in [7, 11) is 0. The highest BCUT2D eigenvalue weighted by Gasteiger charge is 2.49. The molecule has 1 heterocycles. The van der Waals surface area contributed by atoms with E-state index in [1.807, 2.05) is 6.07 Å². The van der Waals surface area contributed by atoms with Crippen LogP contribution < -0.4 is 5.32 Å². The van der Waals surface area contributed by atoms with Crippen molar-refractivity contribution in [2.45, 2.75) is 12.5 Å². The summed E-state index contributed by atoms with van der Waals surface area (Å²) in [5, 5.41) is 26.4. The van der Waals surface area contributed by atoms with Crippen LogP contribution in [0.1, 0.15) is 18.1 Å². The van der Waals surface area contributed by atoms with Crippen LogP contribution in [-0.2, 0) is 10.3 Å². The van der Waals surface area contributed by atoms with E-state index in [1.165, 1.54) is 18.2 Å². The van der Waals surface area contributed by atoms with Crippen molar-refractivity contribution in [1.29, 1.82) is 0 Å². The molecule has 0 unspecified atom stereocenters. The van der Waals surface area contributed by atoms with Crippen LogP contribution in [-0.4, -0.2) is 33.4 Å². The van der Waals surface area contributed by atoms with Crippen LogP contribution in [0.15, 0.2) is 53.6 Å². The van der Waals surface area contributed by atoms with E-state index in [9.17, 15) is 19.8 Å². The number of imide groups is 1. The molecule has 1 aliphatic heterocycles. The molecule has 122 valence electrons. The van der Waals surface area contributed by atoms with Crippen LogP contribution in [0.25, 0.3) is 0 Å². The summed E-state index contributed by atoms with van der Waals surface area (Å²) < 4.78 is 0. The number of phenols is 2. The van der Waals surface area contributed by atoms with Gasteiger partial charge < -0.3 is 15.5 Å². The van der Waals surface area contributed by atoms with Gasteiger partial charge in [0.15, 0.2) is 11.5 Å². The Kier molecular flexibility index (Phi) is 3.69. The van der Waals surface area contributed by atoms with Crippen LogP contribution in [0.3, 0.4) is 0 Å². The van der Waals surface area contributed by atoms with Gasteiger partial charge in [-0.15, -0.1) is 5.01 Å². The molecule has 7 nitrogen and oxygen atoms in total. The van der Waals surface area contributed by atoms with Crippen molar-refractivity contribution in [1.82, 2.24) is 10.3 Å². The summed E-state index contributed by atoms with van der Waals surface area (Å²) >= 11 is 0. The average Bonchev–Trinajstić information content (AvgIpc) is 2.80. The van der Waals surface area contributed by atoms with Gasteiger partial charge in [-0.2, -0.15) is 5.10 Å². The van der Waals surface area contributed by atoms with Gasteiger partial charge in [0.25, 0.3) is 5.91 Å². The maximum absolute atomic E-state index is 12.6. The molecule has 0 saturated carbocycles. The van der Waals surface area contributed by atoms with Gasteiger partial charge in [-0.25, -0.2) is 4.79 Å². The van der Waals surface area contributed by atoms with Crippen molar-refractivity contribution < 1.29 is 19.8 Å². The van der Waals surface area contributed by atoms with Gasteiger partial charge in [-0.05, 0) is 24.6 Å². The number of aromatic hydroxyl groups is 2. The Labute approximate surface area is 137 Å². The Balaban J connectivity index is 1.90. The number of hydrazone groups is 1. The molecule has 3 amide bonds. The second kappa shape index (κ2) is 5.69. The summed E-state index contributed by atoms with van der Waals surface area (Å²) in [6, 6.07) is 12.5. The van der Waals surface area contributed by atoms with Crippen molar-refractivity contribution >= 4 is 18.2 Å². The first-order valence-electron chi connectivity index (χ1n) is 7.20. The van der Waals surface area contributed by atoms with Crippen LogP contribution >= 0.6 is 0 Å². The zero-order chi connectivity index (χ0) is 17.3. The summed E-state index contributed by atoms with van der Waals surface area (Å²) in [6.45, 7) is 1.60. The third-order valence-corrected chi connectivity index (χ3v) is 3.88. The predicted octanol–water partition coefficient (Wildman–Crippen LogP) is 1.90. The van der Waals surface area contributed by atoms with Gasteiger partial charge in [0.05, 0.1) is 6.21 Å². The van der Waals surface area contributed by atoms with E-state index in [4.69, 9.17) is 0 Å². The van der Waals surface area contributed by atoms with Crippen molar-refractivity contribution in [3.8, 4) is 11.5 Å². The van der Waals surface area contributed by atoms with Gasteiger partial charge in [0.1, 0.15) is 5.54 Å². The van der Waals surface area contributed by atoms with E-state index < -0.39 is 17.5 Å². The summed E-state index contributed by atoms with van der Waals surface area (Å²) in [4.78, 5) is 24.7. The average molecular weight is 325 g/mol. The molecule has 0 aliphatic carbocycles. The normalized spacial score (nSPS) is 20.6. The summed E-state index contributed by atoms with van der Waals surface area (Å²) in [5.74, 6) is -1.22. The Morgan fingerprint density at radius 1 is 1.08 bits per heavy atom. The first kappa shape index (κ1) is 15.5. The van der Waals surface area contributed by atoms with Crippen molar-refractivity contribution in [2.24, 2.45) is 5.10 Å². The van der Waals surface area contributed by atoms with E-state index in [-0.39, 0.29) is 17.1 Å². The van der Waals surface area contributed by atoms with Gasteiger partial charge in [0, 0.05) is 5.56 Å². The smallest absolute Gasteiger partial charge is 0.346 e. The predicted molar refractivity (Wildman–Crippen MR) is 86.5 cm³/mol. The maximum Gasteiger partial charge on any atom is 0.346 e. The minimum atomic E-state index is -1.21. The molecular formula is C17H15N3O4. The lowest BCUT2D eigenvalue weighted by Gasteiger charge is -2.20. The van der Waals surface area contributed by atoms with Gasteiger partial charge >= 0.3 is 6.03 Å². The fourth-order valence-electron chi connectivity index (χ4n) is 2.47. The molecule has 2 aromatic carbocycles. The molecule has 0 bridgehead atoms. The number of benzene rings is 2. The van der Waals surface area contributed by atoms with Crippen LogP contribution in [0.4, 0.5) is 4.79 Å². The number of carbonyl (C=O) groups excluding carboxylic acids is 2. The highest BCUT2D eigenvalue weighted by Crippen LogP contribution is 2.30. The third kappa shape index (κ3) is 2.45. The highest BCUT2D eigenvalue weighted by atomic mass is 16.3. The molecular weight excluding hydrogens is 310 g/mol. The Morgan fingerprint density at radius 3 is 2.50 bits per heavy atom. The molecule has 2 aromatic rings. The highest BCUT2D eigenvalue weighted by molar-refractivity contribution is 6.07. The first-order chi connectivity index (χ1) is 11.4. The Bertz CT molecular complexity index is 835. The molecule has 24 heavy (non-hydrogen) atoms. The van der Waals surface area contributed by atoms with Crippen LogP contribution in [0.2, 0.25) is 0 Å². The third-order valence-electron chi connectivity index (χ3n) is 3.88. The van der Waals surface area contributed by atoms with E-state index in [1.54, 1.807) is 31.2 Å². The fourth-order valence-corrected chi connectivity index (χ4v) is 2.47. The molecule has 1 atom stereocenters. The van der Waals surface area contributed by atoms with Crippen molar-refractivity contribution in [2.75, 3.05) is 0 Å². The second-order valence-electron chi connectivity index (χ2n) is 5.50. The molecule has 0 radical (unpaired) electrons. The van der Waals surface area contributed by atoms with E-state index in [0.29, 0.717) is 10.6 Å². The number of urea groups is 1. The number of phenolic OH excluding ortho intramolecular Hbond substituents is 2.